The molecular formula is C8H6FNO2. The number of halogens is 1. The van der Waals surface area contributed by atoms with Crippen molar-refractivity contribution < 1.29 is 14.0 Å². The van der Waals surface area contributed by atoms with Crippen molar-refractivity contribution in [3.8, 4) is 0 Å². The van der Waals surface area contributed by atoms with E-state index in [-0.39, 0.29) is 17.0 Å². The summed E-state index contributed by atoms with van der Waals surface area (Å²) in [6.07, 6.45) is 0.398. The molecule has 0 aromatic carbocycles. The van der Waals surface area contributed by atoms with Crippen LogP contribution in [0, 0.1) is 5.95 Å². The predicted octanol–water partition coefficient (Wildman–Crippen LogP) is 1.24. The van der Waals surface area contributed by atoms with Crippen molar-refractivity contribution in [3.05, 3.63) is 29.3 Å². The van der Waals surface area contributed by atoms with Crippen LogP contribution in [0.15, 0.2) is 12.1 Å². The quantitative estimate of drug-likeness (QED) is 0.378. The molecule has 0 saturated carbocycles. The molecule has 4 heteroatoms. The van der Waals surface area contributed by atoms with E-state index in [1.54, 1.807) is 0 Å². The number of pyridine rings is 1. The lowest BCUT2D eigenvalue weighted by Gasteiger charge is -1.95. The van der Waals surface area contributed by atoms with Gasteiger partial charge in [0.2, 0.25) is 5.95 Å². The first kappa shape index (κ1) is 8.52. The predicted molar refractivity (Wildman–Crippen MR) is 39.6 cm³/mol. The summed E-state index contributed by atoms with van der Waals surface area (Å²) >= 11 is 0. The van der Waals surface area contributed by atoms with Gasteiger partial charge in [0, 0.05) is 11.6 Å². The van der Waals surface area contributed by atoms with Crippen molar-refractivity contribution in [3.63, 3.8) is 0 Å². The van der Waals surface area contributed by atoms with Crippen molar-refractivity contribution in [2.45, 2.75) is 6.92 Å². The molecule has 0 bridgehead atoms. The summed E-state index contributed by atoms with van der Waals surface area (Å²) in [7, 11) is 0. The maximum absolute atomic E-state index is 12.6. The molecule has 0 saturated heterocycles. The van der Waals surface area contributed by atoms with Crippen LogP contribution in [0.2, 0.25) is 0 Å². The summed E-state index contributed by atoms with van der Waals surface area (Å²) in [6.45, 7) is 1.29. The average molecular weight is 167 g/mol. The first-order valence-electron chi connectivity index (χ1n) is 3.27. The van der Waals surface area contributed by atoms with Crippen molar-refractivity contribution in [1.29, 1.82) is 0 Å². The van der Waals surface area contributed by atoms with Gasteiger partial charge in [0.05, 0.1) is 0 Å². The standard InChI is InChI=1S/C8H6FNO2/c1-5(12)6-2-7(4-11)10-8(9)3-6/h2-4H,1H3. The topological polar surface area (TPSA) is 47.0 Å². The number of carbonyl (C=O) groups is 2. The zero-order valence-electron chi connectivity index (χ0n) is 6.37. The third-order valence-corrected chi connectivity index (χ3v) is 1.34. The van der Waals surface area contributed by atoms with Crippen molar-refractivity contribution >= 4 is 12.1 Å². The van der Waals surface area contributed by atoms with Gasteiger partial charge >= 0.3 is 0 Å². The minimum atomic E-state index is -0.815. The number of Topliss-reactive ketones (excluding diaryl/α,β-unsaturated/α-hetero) is 1. The molecule has 62 valence electrons. The molecule has 0 aliphatic rings. The molecule has 1 aromatic heterocycles. The molecule has 3 nitrogen and oxygen atoms in total. The minimum absolute atomic E-state index is 0.0693. The van der Waals surface area contributed by atoms with Crippen molar-refractivity contribution in [1.82, 2.24) is 4.98 Å². The van der Waals surface area contributed by atoms with Crippen LogP contribution >= 0.6 is 0 Å². The molecule has 0 atom stereocenters. The molecule has 12 heavy (non-hydrogen) atoms. The van der Waals surface area contributed by atoms with E-state index in [1.165, 1.54) is 13.0 Å². The van der Waals surface area contributed by atoms with Crippen molar-refractivity contribution in [2.75, 3.05) is 0 Å². The number of carbonyl (C=O) groups excluding carboxylic acids is 2. The molecule has 1 rings (SSSR count). The summed E-state index contributed by atoms with van der Waals surface area (Å²) < 4.78 is 12.6. The van der Waals surface area contributed by atoms with Crippen LogP contribution in [0.25, 0.3) is 0 Å². The highest BCUT2D eigenvalue weighted by Gasteiger charge is 2.04. The fraction of sp³-hybridized carbons (Fsp3) is 0.125. The molecule has 1 heterocycles. The Bertz CT molecular complexity index is 336. The largest absolute Gasteiger partial charge is 0.296 e. The van der Waals surface area contributed by atoms with Gasteiger partial charge in [-0.1, -0.05) is 0 Å². The maximum Gasteiger partial charge on any atom is 0.214 e. The second kappa shape index (κ2) is 3.21. The molecule has 0 fully saturated rings. The average Bonchev–Trinajstić information content (AvgIpc) is 2.03. The lowest BCUT2D eigenvalue weighted by atomic mass is 10.2. The molecule has 0 radical (unpaired) electrons. The fourth-order valence-corrected chi connectivity index (χ4v) is 0.781. The third kappa shape index (κ3) is 1.72. The number of hydrogen-bond donors (Lipinski definition) is 0. The number of rotatable bonds is 2. The Morgan fingerprint density at radius 1 is 1.58 bits per heavy atom. The van der Waals surface area contributed by atoms with E-state index in [0.717, 1.165) is 6.07 Å². The Labute approximate surface area is 68.2 Å². The lowest BCUT2D eigenvalue weighted by Crippen LogP contribution is -1.98. The SMILES string of the molecule is CC(=O)c1cc(F)nc(C=O)c1. The van der Waals surface area contributed by atoms with Crippen LogP contribution in [-0.2, 0) is 0 Å². The highest BCUT2D eigenvalue weighted by Crippen LogP contribution is 2.04. The van der Waals surface area contributed by atoms with E-state index in [9.17, 15) is 14.0 Å². The second-order valence-corrected chi connectivity index (χ2v) is 2.28. The van der Waals surface area contributed by atoms with E-state index in [2.05, 4.69) is 4.98 Å². The monoisotopic (exact) mass is 167 g/mol. The summed E-state index contributed by atoms with van der Waals surface area (Å²) in [4.78, 5) is 24.2. The zero-order valence-corrected chi connectivity index (χ0v) is 6.37. The Morgan fingerprint density at radius 2 is 2.25 bits per heavy atom. The van der Waals surface area contributed by atoms with E-state index < -0.39 is 5.95 Å². The Morgan fingerprint density at radius 3 is 2.75 bits per heavy atom. The van der Waals surface area contributed by atoms with Crippen molar-refractivity contribution in [2.24, 2.45) is 0 Å². The molecule has 0 amide bonds. The third-order valence-electron chi connectivity index (χ3n) is 1.34. The number of aromatic nitrogens is 1. The number of ketones is 1. The van der Waals surface area contributed by atoms with Gasteiger partial charge in [0.1, 0.15) is 5.69 Å². The van der Waals surface area contributed by atoms with Crippen LogP contribution in [0.4, 0.5) is 4.39 Å². The summed E-state index contributed by atoms with van der Waals surface area (Å²) in [6, 6.07) is 2.24. The molecule has 0 spiro atoms. The van der Waals surface area contributed by atoms with Gasteiger partial charge in [0.25, 0.3) is 0 Å². The van der Waals surface area contributed by atoms with Gasteiger partial charge in [-0.25, -0.2) is 4.98 Å². The molecule has 0 N–H and O–H groups in total. The Hall–Kier alpha value is -1.58. The summed E-state index contributed by atoms with van der Waals surface area (Å²) in [5.41, 5.74) is 0.0878. The second-order valence-electron chi connectivity index (χ2n) is 2.28. The minimum Gasteiger partial charge on any atom is -0.296 e. The highest BCUT2D eigenvalue weighted by molar-refractivity contribution is 5.95. The van der Waals surface area contributed by atoms with Gasteiger partial charge < -0.3 is 0 Å². The van der Waals surface area contributed by atoms with Gasteiger partial charge in [0.15, 0.2) is 12.1 Å². The number of aldehydes is 1. The van der Waals surface area contributed by atoms with Gasteiger partial charge in [-0.2, -0.15) is 4.39 Å². The Kier molecular flexibility index (Phi) is 2.28. The van der Waals surface area contributed by atoms with Gasteiger partial charge in [-0.05, 0) is 13.0 Å². The normalized spacial score (nSPS) is 9.50. The number of hydrogen-bond acceptors (Lipinski definition) is 3. The maximum atomic E-state index is 12.6. The van der Waals surface area contributed by atoms with Crippen LogP contribution in [0.1, 0.15) is 27.8 Å². The Balaban J connectivity index is 3.23. The number of nitrogens with zero attached hydrogens (tertiary/aromatic N) is 1. The fourth-order valence-electron chi connectivity index (χ4n) is 0.781. The van der Waals surface area contributed by atoms with E-state index in [1.807, 2.05) is 0 Å². The van der Waals surface area contributed by atoms with Crippen LogP contribution in [0.3, 0.4) is 0 Å². The van der Waals surface area contributed by atoms with Gasteiger partial charge in [-0.15, -0.1) is 0 Å². The van der Waals surface area contributed by atoms with Crippen LogP contribution < -0.4 is 0 Å². The molecular weight excluding hydrogens is 161 g/mol. The zero-order chi connectivity index (χ0) is 9.14. The molecule has 0 aliphatic heterocycles. The van der Waals surface area contributed by atoms with E-state index in [4.69, 9.17) is 0 Å². The summed E-state index contributed by atoms with van der Waals surface area (Å²) in [5.74, 6) is -1.11. The van der Waals surface area contributed by atoms with Gasteiger partial charge in [-0.3, -0.25) is 9.59 Å². The van der Waals surface area contributed by atoms with E-state index in [0.29, 0.717) is 6.29 Å². The lowest BCUT2D eigenvalue weighted by molar-refractivity contribution is 0.101. The molecule has 0 aliphatic carbocycles. The highest BCUT2D eigenvalue weighted by atomic mass is 19.1. The van der Waals surface area contributed by atoms with E-state index >= 15 is 0 Å². The first-order valence-corrected chi connectivity index (χ1v) is 3.27. The first-order chi connectivity index (χ1) is 5.63. The molecule has 1 aromatic rings. The van der Waals surface area contributed by atoms with Crippen LogP contribution in [-0.4, -0.2) is 17.1 Å². The summed E-state index contributed by atoms with van der Waals surface area (Å²) in [5, 5.41) is 0. The van der Waals surface area contributed by atoms with Crippen LogP contribution in [0.5, 0.6) is 0 Å². The smallest absolute Gasteiger partial charge is 0.214 e. The molecule has 0 unspecified atom stereocenters.